The molecule has 3 heteroatoms. The largest absolute Gasteiger partial charge is 0.381 e. The molecule has 0 aromatic carbocycles. The molecule has 2 aliphatic carbocycles. The molecular formula is C14H26N2O. The van der Waals surface area contributed by atoms with E-state index in [4.69, 9.17) is 4.74 Å². The average Bonchev–Trinajstić information content (AvgIpc) is 3.25. The zero-order chi connectivity index (χ0) is 11.7. The van der Waals surface area contributed by atoms with Gasteiger partial charge in [-0.2, -0.15) is 0 Å². The molecule has 1 heterocycles. The standard InChI is InChI=1S/C14H26N2O/c1-15-14(12-6-7-17-10-12)9-16(13-4-5-13)8-11-2-3-11/h11-15H,2-10H2,1H3. The Bertz CT molecular complexity index is 245. The number of hydrogen-bond acceptors (Lipinski definition) is 3. The molecule has 0 amide bonds. The third kappa shape index (κ3) is 3.21. The fourth-order valence-corrected chi connectivity index (χ4v) is 3.04. The summed E-state index contributed by atoms with van der Waals surface area (Å²) < 4.78 is 5.53. The Morgan fingerprint density at radius 2 is 2.06 bits per heavy atom. The van der Waals surface area contributed by atoms with Gasteiger partial charge < -0.3 is 10.1 Å². The number of nitrogens with zero attached hydrogens (tertiary/aromatic N) is 1. The summed E-state index contributed by atoms with van der Waals surface area (Å²) >= 11 is 0. The number of likely N-dealkylation sites (N-methyl/N-ethyl adjacent to an activating group) is 1. The summed E-state index contributed by atoms with van der Waals surface area (Å²) in [5.41, 5.74) is 0. The van der Waals surface area contributed by atoms with E-state index in [1.807, 2.05) is 0 Å². The fraction of sp³-hybridized carbons (Fsp3) is 1.00. The highest BCUT2D eigenvalue weighted by molar-refractivity contribution is 4.92. The van der Waals surface area contributed by atoms with Gasteiger partial charge in [-0.25, -0.2) is 0 Å². The first kappa shape index (κ1) is 11.9. The van der Waals surface area contributed by atoms with Crippen LogP contribution in [0.1, 0.15) is 32.1 Å². The average molecular weight is 238 g/mol. The lowest BCUT2D eigenvalue weighted by Gasteiger charge is -2.30. The fourth-order valence-electron chi connectivity index (χ4n) is 3.04. The number of nitrogens with one attached hydrogen (secondary N) is 1. The van der Waals surface area contributed by atoms with Crippen LogP contribution in [0.15, 0.2) is 0 Å². The Kier molecular flexibility index (Phi) is 3.69. The Balaban J connectivity index is 1.52. The number of ether oxygens (including phenoxy) is 1. The lowest BCUT2D eigenvalue weighted by atomic mass is 9.98. The molecule has 2 unspecified atom stereocenters. The molecule has 0 aromatic heterocycles. The normalized spacial score (nSPS) is 31.1. The SMILES string of the molecule is CNC(CN(CC1CC1)C1CC1)C1CCOC1. The third-order valence-electron chi connectivity index (χ3n) is 4.59. The minimum Gasteiger partial charge on any atom is -0.381 e. The topological polar surface area (TPSA) is 24.5 Å². The first-order valence-electron chi connectivity index (χ1n) is 7.36. The summed E-state index contributed by atoms with van der Waals surface area (Å²) in [4.78, 5) is 2.76. The van der Waals surface area contributed by atoms with Gasteiger partial charge in [-0.3, -0.25) is 4.90 Å². The van der Waals surface area contributed by atoms with Gasteiger partial charge >= 0.3 is 0 Å². The van der Waals surface area contributed by atoms with Gasteiger partial charge in [0.25, 0.3) is 0 Å². The maximum atomic E-state index is 5.53. The van der Waals surface area contributed by atoms with Gasteiger partial charge in [-0.15, -0.1) is 0 Å². The van der Waals surface area contributed by atoms with Crippen molar-refractivity contribution in [1.82, 2.24) is 10.2 Å². The molecule has 3 aliphatic rings. The minimum absolute atomic E-state index is 0.636. The van der Waals surface area contributed by atoms with Crippen molar-refractivity contribution in [1.29, 1.82) is 0 Å². The highest BCUT2D eigenvalue weighted by Crippen LogP contribution is 2.35. The van der Waals surface area contributed by atoms with Gasteiger partial charge in [0.1, 0.15) is 0 Å². The molecule has 3 fully saturated rings. The third-order valence-corrected chi connectivity index (χ3v) is 4.59. The Labute approximate surface area is 105 Å². The van der Waals surface area contributed by atoms with Gasteiger partial charge in [-0.05, 0) is 45.1 Å². The lowest BCUT2D eigenvalue weighted by Crippen LogP contribution is -2.45. The number of rotatable bonds is 7. The van der Waals surface area contributed by atoms with Crippen LogP contribution in [0.4, 0.5) is 0 Å². The highest BCUT2D eigenvalue weighted by Gasteiger charge is 2.36. The first-order valence-corrected chi connectivity index (χ1v) is 7.36. The zero-order valence-corrected chi connectivity index (χ0v) is 11.0. The van der Waals surface area contributed by atoms with Crippen LogP contribution < -0.4 is 5.32 Å². The van der Waals surface area contributed by atoms with E-state index in [-0.39, 0.29) is 0 Å². The molecule has 2 atom stereocenters. The molecule has 3 rings (SSSR count). The molecule has 0 bridgehead atoms. The Morgan fingerprint density at radius 3 is 2.59 bits per heavy atom. The van der Waals surface area contributed by atoms with Crippen molar-refractivity contribution < 1.29 is 4.74 Å². The number of hydrogen-bond donors (Lipinski definition) is 1. The van der Waals surface area contributed by atoms with Gasteiger partial charge in [-0.1, -0.05) is 0 Å². The van der Waals surface area contributed by atoms with E-state index in [1.165, 1.54) is 45.2 Å². The van der Waals surface area contributed by atoms with Crippen LogP contribution in [0.2, 0.25) is 0 Å². The van der Waals surface area contributed by atoms with Crippen LogP contribution in [0.5, 0.6) is 0 Å². The molecule has 17 heavy (non-hydrogen) atoms. The maximum Gasteiger partial charge on any atom is 0.0510 e. The van der Waals surface area contributed by atoms with Gasteiger partial charge in [0.05, 0.1) is 6.61 Å². The second kappa shape index (κ2) is 5.25. The van der Waals surface area contributed by atoms with Gasteiger partial charge in [0.2, 0.25) is 0 Å². The van der Waals surface area contributed by atoms with Crippen LogP contribution in [-0.4, -0.2) is 50.3 Å². The van der Waals surface area contributed by atoms with E-state index in [2.05, 4.69) is 17.3 Å². The van der Waals surface area contributed by atoms with E-state index < -0.39 is 0 Å². The predicted octanol–water partition coefficient (Wildman–Crippen LogP) is 1.49. The smallest absolute Gasteiger partial charge is 0.0510 e. The molecule has 0 radical (unpaired) electrons. The van der Waals surface area contributed by atoms with Crippen LogP contribution in [-0.2, 0) is 4.74 Å². The van der Waals surface area contributed by atoms with Crippen molar-refractivity contribution in [2.24, 2.45) is 11.8 Å². The van der Waals surface area contributed by atoms with E-state index in [9.17, 15) is 0 Å². The van der Waals surface area contributed by atoms with E-state index in [0.717, 1.165) is 31.1 Å². The molecular weight excluding hydrogens is 212 g/mol. The van der Waals surface area contributed by atoms with Gasteiger partial charge in [0, 0.05) is 37.7 Å². The van der Waals surface area contributed by atoms with Crippen molar-refractivity contribution in [3.63, 3.8) is 0 Å². The lowest BCUT2D eigenvalue weighted by molar-refractivity contribution is 0.158. The van der Waals surface area contributed by atoms with Crippen LogP contribution >= 0.6 is 0 Å². The molecule has 98 valence electrons. The van der Waals surface area contributed by atoms with Crippen molar-refractivity contribution >= 4 is 0 Å². The first-order chi connectivity index (χ1) is 8.36. The van der Waals surface area contributed by atoms with E-state index >= 15 is 0 Å². The second-order valence-corrected chi connectivity index (χ2v) is 6.15. The summed E-state index contributed by atoms with van der Waals surface area (Å²) in [6.07, 6.45) is 7.06. The molecule has 2 saturated carbocycles. The van der Waals surface area contributed by atoms with Crippen molar-refractivity contribution in [3.8, 4) is 0 Å². The quantitative estimate of drug-likeness (QED) is 0.727. The van der Waals surface area contributed by atoms with E-state index in [0.29, 0.717) is 6.04 Å². The molecule has 1 N–H and O–H groups in total. The zero-order valence-electron chi connectivity index (χ0n) is 11.0. The summed E-state index contributed by atoms with van der Waals surface area (Å²) in [5, 5.41) is 3.53. The van der Waals surface area contributed by atoms with Crippen LogP contribution in [0.3, 0.4) is 0 Å². The van der Waals surface area contributed by atoms with Gasteiger partial charge in [0.15, 0.2) is 0 Å². The van der Waals surface area contributed by atoms with Crippen molar-refractivity contribution in [3.05, 3.63) is 0 Å². The molecule has 3 nitrogen and oxygen atoms in total. The Morgan fingerprint density at radius 1 is 1.24 bits per heavy atom. The van der Waals surface area contributed by atoms with Crippen LogP contribution in [0, 0.1) is 11.8 Å². The Hall–Kier alpha value is -0.120. The molecule has 1 aliphatic heterocycles. The second-order valence-electron chi connectivity index (χ2n) is 6.15. The predicted molar refractivity (Wildman–Crippen MR) is 69.1 cm³/mol. The molecule has 0 spiro atoms. The summed E-state index contributed by atoms with van der Waals surface area (Å²) in [6, 6.07) is 1.55. The summed E-state index contributed by atoms with van der Waals surface area (Å²) in [5.74, 6) is 1.76. The molecule has 1 saturated heterocycles. The van der Waals surface area contributed by atoms with Crippen molar-refractivity contribution in [2.75, 3.05) is 33.4 Å². The summed E-state index contributed by atoms with van der Waals surface area (Å²) in [7, 11) is 2.12. The minimum atomic E-state index is 0.636. The highest BCUT2D eigenvalue weighted by atomic mass is 16.5. The van der Waals surface area contributed by atoms with Crippen molar-refractivity contribution in [2.45, 2.75) is 44.2 Å². The monoisotopic (exact) mass is 238 g/mol. The van der Waals surface area contributed by atoms with Crippen LogP contribution in [0.25, 0.3) is 0 Å². The molecule has 0 aromatic rings. The maximum absolute atomic E-state index is 5.53. The summed E-state index contributed by atoms with van der Waals surface area (Å²) in [6.45, 7) is 4.53. The van der Waals surface area contributed by atoms with E-state index in [1.54, 1.807) is 0 Å².